The number of carbonyl (C=O) groups is 2. The average molecular weight is 417 g/mol. The maximum Gasteiger partial charge on any atom is 0.248 e. The maximum atomic E-state index is 12.8. The predicted molar refractivity (Wildman–Crippen MR) is 121 cm³/mol. The van der Waals surface area contributed by atoms with E-state index in [-0.39, 0.29) is 11.8 Å². The lowest BCUT2D eigenvalue weighted by molar-refractivity contribution is -0.127. The third-order valence-electron chi connectivity index (χ3n) is 5.75. The van der Waals surface area contributed by atoms with E-state index in [0.29, 0.717) is 24.6 Å². The molecule has 0 spiro atoms. The summed E-state index contributed by atoms with van der Waals surface area (Å²) in [4.78, 5) is 25.5. The molecule has 0 saturated carbocycles. The number of anilines is 1. The molecule has 2 amide bonds. The van der Waals surface area contributed by atoms with E-state index in [1.165, 1.54) is 11.1 Å². The van der Waals surface area contributed by atoms with Gasteiger partial charge in [-0.15, -0.1) is 0 Å². The van der Waals surface area contributed by atoms with Crippen molar-refractivity contribution in [1.29, 1.82) is 0 Å². The van der Waals surface area contributed by atoms with Crippen LogP contribution >= 0.6 is 0 Å². The first-order chi connectivity index (χ1) is 15.1. The first-order valence-corrected chi connectivity index (χ1v) is 10.9. The number of carbonyl (C=O) groups excluding carboxylic acids is 2. The van der Waals surface area contributed by atoms with Crippen LogP contribution in [0.15, 0.2) is 60.7 Å². The monoisotopic (exact) mass is 416 g/mol. The molecule has 1 heterocycles. The van der Waals surface area contributed by atoms with E-state index >= 15 is 0 Å². The van der Waals surface area contributed by atoms with Crippen molar-refractivity contribution >= 4 is 17.6 Å². The van der Waals surface area contributed by atoms with Crippen molar-refractivity contribution in [2.45, 2.75) is 45.1 Å². The van der Waals surface area contributed by atoms with Gasteiger partial charge in [0.2, 0.25) is 11.8 Å². The van der Waals surface area contributed by atoms with Crippen LogP contribution in [0.25, 0.3) is 11.3 Å². The van der Waals surface area contributed by atoms with Gasteiger partial charge in [0.15, 0.2) is 5.82 Å². The first-order valence-electron chi connectivity index (χ1n) is 10.9. The third-order valence-corrected chi connectivity index (χ3v) is 5.75. The van der Waals surface area contributed by atoms with Gasteiger partial charge in [-0.2, -0.15) is 5.10 Å². The fourth-order valence-electron chi connectivity index (χ4n) is 4.23. The molecule has 0 radical (unpaired) electrons. The SMILES string of the molecule is CCCC(NC(=O)CC1Cc2ccccc2C1)C(=O)Nc1cc(-c2ccccc2)[nH]n1. The molecule has 1 aliphatic carbocycles. The smallest absolute Gasteiger partial charge is 0.248 e. The number of aromatic nitrogens is 2. The van der Waals surface area contributed by atoms with Crippen molar-refractivity contribution in [3.63, 3.8) is 0 Å². The van der Waals surface area contributed by atoms with E-state index in [1.54, 1.807) is 6.07 Å². The second kappa shape index (κ2) is 9.60. The fourth-order valence-corrected chi connectivity index (χ4v) is 4.23. The van der Waals surface area contributed by atoms with E-state index in [9.17, 15) is 9.59 Å². The van der Waals surface area contributed by atoms with Crippen molar-refractivity contribution in [1.82, 2.24) is 15.5 Å². The van der Waals surface area contributed by atoms with Crippen LogP contribution in [-0.4, -0.2) is 28.1 Å². The Labute approximate surface area is 182 Å². The minimum Gasteiger partial charge on any atom is -0.344 e. The molecule has 4 rings (SSSR count). The minimum atomic E-state index is -0.571. The lowest BCUT2D eigenvalue weighted by Crippen LogP contribution is -2.44. The highest BCUT2D eigenvalue weighted by atomic mass is 16.2. The number of hydrogen-bond donors (Lipinski definition) is 3. The van der Waals surface area contributed by atoms with Crippen LogP contribution in [0, 0.1) is 5.92 Å². The quantitative estimate of drug-likeness (QED) is 0.517. The van der Waals surface area contributed by atoms with Gasteiger partial charge >= 0.3 is 0 Å². The zero-order valence-electron chi connectivity index (χ0n) is 17.7. The van der Waals surface area contributed by atoms with Gasteiger partial charge in [0.05, 0.1) is 5.69 Å². The number of H-pyrrole nitrogens is 1. The number of fused-ring (bicyclic) bond motifs is 1. The van der Waals surface area contributed by atoms with Gasteiger partial charge in [0, 0.05) is 12.5 Å². The van der Waals surface area contributed by atoms with Gasteiger partial charge in [-0.25, -0.2) is 0 Å². The van der Waals surface area contributed by atoms with E-state index in [0.717, 1.165) is 30.5 Å². The Morgan fingerprint density at radius 3 is 2.42 bits per heavy atom. The molecular weight excluding hydrogens is 388 g/mol. The third kappa shape index (κ3) is 5.20. The van der Waals surface area contributed by atoms with Crippen LogP contribution in [0.5, 0.6) is 0 Å². The Hall–Kier alpha value is -3.41. The van der Waals surface area contributed by atoms with Crippen molar-refractivity contribution in [2.24, 2.45) is 5.92 Å². The van der Waals surface area contributed by atoms with Gasteiger partial charge in [-0.3, -0.25) is 14.7 Å². The molecule has 6 heteroatoms. The standard InChI is InChI=1S/C25H28N4O2/c1-2-8-21(26-24(30)15-17-13-19-11-6-7-12-20(19)14-17)25(31)27-23-16-22(28-29-23)18-9-4-3-5-10-18/h3-7,9-12,16-17,21H,2,8,13-15H2,1H3,(H,26,30)(H2,27,28,29,31). The van der Waals surface area contributed by atoms with Gasteiger partial charge in [-0.05, 0) is 41.9 Å². The molecular formula is C25H28N4O2. The highest BCUT2D eigenvalue weighted by Crippen LogP contribution is 2.28. The van der Waals surface area contributed by atoms with Crippen molar-refractivity contribution in [3.05, 3.63) is 71.8 Å². The summed E-state index contributed by atoms with van der Waals surface area (Å²) in [6, 6.07) is 19.4. The second-order valence-electron chi connectivity index (χ2n) is 8.18. The molecule has 6 nitrogen and oxygen atoms in total. The first kappa shape index (κ1) is 20.8. The van der Waals surface area contributed by atoms with Gasteiger partial charge in [0.1, 0.15) is 6.04 Å². The van der Waals surface area contributed by atoms with Crippen molar-refractivity contribution in [3.8, 4) is 11.3 Å². The number of nitrogens with one attached hydrogen (secondary N) is 3. The minimum absolute atomic E-state index is 0.0709. The lowest BCUT2D eigenvalue weighted by Gasteiger charge is -2.18. The van der Waals surface area contributed by atoms with Crippen LogP contribution in [0.4, 0.5) is 5.82 Å². The summed E-state index contributed by atoms with van der Waals surface area (Å²) in [5.74, 6) is 0.433. The molecule has 1 unspecified atom stereocenters. The van der Waals surface area contributed by atoms with E-state index in [4.69, 9.17) is 0 Å². The number of amides is 2. The number of benzene rings is 2. The van der Waals surface area contributed by atoms with Gasteiger partial charge in [0.25, 0.3) is 0 Å². The summed E-state index contributed by atoms with van der Waals surface area (Å²) in [5.41, 5.74) is 4.48. The lowest BCUT2D eigenvalue weighted by atomic mass is 10.0. The number of hydrogen-bond acceptors (Lipinski definition) is 3. The number of aromatic amines is 1. The van der Waals surface area contributed by atoms with E-state index < -0.39 is 6.04 Å². The average Bonchev–Trinajstić information content (AvgIpc) is 3.40. The Morgan fingerprint density at radius 2 is 1.74 bits per heavy atom. The Bertz CT molecular complexity index is 1020. The largest absolute Gasteiger partial charge is 0.344 e. The molecule has 3 N–H and O–H groups in total. The molecule has 31 heavy (non-hydrogen) atoms. The molecule has 1 aromatic heterocycles. The van der Waals surface area contributed by atoms with Crippen LogP contribution < -0.4 is 10.6 Å². The highest BCUT2D eigenvalue weighted by Gasteiger charge is 2.26. The molecule has 0 saturated heterocycles. The summed E-state index contributed by atoms with van der Waals surface area (Å²) in [7, 11) is 0. The molecule has 1 aliphatic rings. The van der Waals surface area contributed by atoms with Gasteiger partial charge in [-0.1, -0.05) is 67.9 Å². The van der Waals surface area contributed by atoms with Crippen LogP contribution in [0.2, 0.25) is 0 Å². The van der Waals surface area contributed by atoms with E-state index in [2.05, 4.69) is 33.0 Å². The van der Waals surface area contributed by atoms with Crippen LogP contribution in [-0.2, 0) is 22.4 Å². The van der Waals surface area contributed by atoms with Crippen LogP contribution in [0.3, 0.4) is 0 Å². The summed E-state index contributed by atoms with van der Waals surface area (Å²) < 4.78 is 0. The highest BCUT2D eigenvalue weighted by molar-refractivity contribution is 5.96. The molecule has 3 aromatic rings. The topological polar surface area (TPSA) is 86.9 Å². The van der Waals surface area contributed by atoms with Crippen LogP contribution in [0.1, 0.15) is 37.3 Å². The molecule has 160 valence electrons. The fraction of sp³-hybridized carbons (Fsp3) is 0.320. The summed E-state index contributed by atoms with van der Waals surface area (Å²) >= 11 is 0. The zero-order chi connectivity index (χ0) is 21.6. The summed E-state index contributed by atoms with van der Waals surface area (Å²) in [6.45, 7) is 2.00. The Morgan fingerprint density at radius 1 is 1.06 bits per heavy atom. The normalized spacial score (nSPS) is 14.1. The van der Waals surface area contributed by atoms with E-state index in [1.807, 2.05) is 49.4 Å². The van der Waals surface area contributed by atoms with Gasteiger partial charge < -0.3 is 10.6 Å². The molecule has 0 bridgehead atoms. The predicted octanol–water partition coefficient (Wildman–Crippen LogP) is 4.11. The Kier molecular flexibility index (Phi) is 6.46. The second-order valence-corrected chi connectivity index (χ2v) is 8.18. The number of rotatable bonds is 8. The number of nitrogens with zero attached hydrogens (tertiary/aromatic N) is 1. The van der Waals surface area contributed by atoms with Crippen molar-refractivity contribution < 1.29 is 9.59 Å². The molecule has 0 aliphatic heterocycles. The zero-order valence-corrected chi connectivity index (χ0v) is 17.7. The molecule has 0 fully saturated rings. The van der Waals surface area contributed by atoms with Crippen molar-refractivity contribution in [2.75, 3.05) is 5.32 Å². The summed E-state index contributed by atoms with van der Waals surface area (Å²) in [6.07, 6.45) is 3.65. The summed E-state index contributed by atoms with van der Waals surface area (Å²) in [5, 5.41) is 12.9. The maximum absolute atomic E-state index is 12.8. The molecule has 2 aromatic carbocycles. The molecule has 1 atom stereocenters. The Balaban J connectivity index is 1.33.